The molecule has 2 rings (SSSR count). The lowest BCUT2D eigenvalue weighted by Gasteiger charge is -2.25. The van der Waals surface area contributed by atoms with Crippen LogP contribution in [-0.4, -0.2) is 31.1 Å². The van der Waals surface area contributed by atoms with E-state index in [2.05, 4.69) is 26.6 Å². The van der Waals surface area contributed by atoms with E-state index in [1.807, 2.05) is 24.3 Å². The maximum absolute atomic E-state index is 12.0. The summed E-state index contributed by atoms with van der Waals surface area (Å²) in [4.78, 5) is 12.0. The molecule has 1 aromatic rings. The molecule has 0 saturated carbocycles. The molecule has 112 valence electrons. The summed E-state index contributed by atoms with van der Waals surface area (Å²) in [5, 5.41) is 6.29. The number of hydrogen-bond acceptors (Lipinski definition) is 3. The molecule has 20 heavy (non-hydrogen) atoms. The van der Waals surface area contributed by atoms with Gasteiger partial charge in [0.05, 0.1) is 0 Å². The van der Waals surface area contributed by atoms with Crippen molar-refractivity contribution >= 4 is 34.2 Å². The molecule has 1 saturated heterocycles. The smallest absolute Gasteiger partial charge is 0.261 e. The summed E-state index contributed by atoms with van der Waals surface area (Å²) >= 11 is 3.38. The number of hydrogen-bond donors (Lipinski definition) is 2. The van der Waals surface area contributed by atoms with Gasteiger partial charge in [0.15, 0.2) is 6.10 Å². The van der Waals surface area contributed by atoms with E-state index in [9.17, 15) is 4.79 Å². The minimum Gasteiger partial charge on any atom is -0.481 e. The average Bonchev–Trinajstić information content (AvgIpc) is 2.40. The summed E-state index contributed by atoms with van der Waals surface area (Å²) in [6, 6.07) is 7.72. The van der Waals surface area contributed by atoms with Crippen LogP contribution in [0, 0.1) is 0 Å². The van der Waals surface area contributed by atoms with Crippen molar-refractivity contribution < 1.29 is 9.53 Å². The Balaban J connectivity index is 0.00000200. The van der Waals surface area contributed by atoms with Gasteiger partial charge in [-0.15, -0.1) is 12.4 Å². The molecule has 4 nitrogen and oxygen atoms in total. The third-order valence-electron chi connectivity index (χ3n) is 3.12. The van der Waals surface area contributed by atoms with Crippen molar-refractivity contribution in [2.24, 2.45) is 0 Å². The Morgan fingerprint density at radius 3 is 3.00 bits per heavy atom. The number of rotatable bonds is 4. The van der Waals surface area contributed by atoms with Crippen LogP contribution in [0.15, 0.2) is 28.7 Å². The summed E-state index contributed by atoms with van der Waals surface area (Å²) in [6.07, 6.45) is 1.64. The Morgan fingerprint density at radius 2 is 2.35 bits per heavy atom. The summed E-state index contributed by atoms with van der Waals surface area (Å²) in [5.74, 6) is 0.632. The van der Waals surface area contributed by atoms with Gasteiger partial charge < -0.3 is 15.4 Å². The van der Waals surface area contributed by atoms with E-state index in [0.29, 0.717) is 5.75 Å². The molecule has 0 aromatic heterocycles. The van der Waals surface area contributed by atoms with Gasteiger partial charge in [-0.25, -0.2) is 0 Å². The standard InChI is InChI=1S/C14H19BrN2O2.ClH/c1-10(19-13-6-2-4-11(15)8-13)14(18)17-12-5-3-7-16-9-12;/h2,4,6,8,10,12,16H,3,5,7,9H2,1H3,(H,17,18);1H. The minimum atomic E-state index is -0.490. The molecule has 1 aliphatic rings. The van der Waals surface area contributed by atoms with Crippen LogP contribution in [0.3, 0.4) is 0 Å². The van der Waals surface area contributed by atoms with Crippen LogP contribution in [0.25, 0.3) is 0 Å². The first-order valence-electron chi connectivity index (χ1n) is 6.58. The monoisotopic (exact) mass is 362 g/mol. The normalized spacial score (nSPS) is 19.6. The molecule has 2 N–H and O–H groups in total. The van der Waals surface area contributed by atoms with Crippen molar-refractivity contribution in [3.8, 4) is 5.75 Å². The number of carbonyl (C=O) groups is 1. The van der Waals surface area contributed by atoms with Crippen LogP contribution in [0.2, 0.25) is 0 Å². The predicted octanol–water partition coefficient (Wildman–Crippen LogP) is 2.51. The quantitative estimate of drug-likeness (QED) is 0.864. The van der Waals surface area contributed by atoms with Crippen LogP contribution in [0.5, 0.6) is 5.75 Å². The average molecular weight is 364 g/mol. The van der Waals surface area contributed by atoms with Gasteiger partial charge in [-0.05, 0) is 44.5 Å². The highest BCUT2D eigenvalue weighted by molar-refractivity contribution is 9.10. The third kappa shape index (κ3) is 5.31. The Kier molecular flexibility index (Phi) is 7.34. The Hall–Kier alpha value is -0.780. The van der Waals surface area contributed by atoms with E-state index in [-0.39, 0.29) is 24.4 Å². The van der Waals surface area contributed by atoms with Gasteiger partial charge in [-0.1, -0.05) is 22.0 Å². The maximum Gasteiger partial charge on any atom is 0.261 e. The zero-order valence-electron chi connectivity index (χ0n) is 11.4. The van der Waals surface area contributed by atoms with Gasteiger partial charge in [0.1, 0.15) is 5.75 Å². The first-order chi connectivity index (χ1) is 9.15. The largest absolute Gasteiger partial charge is 0.481 e. The van der Waals surface area contributed by atoms with Gasteiger partial charge in [-0.2, -0.15) is 0 Å². The van der Waals surface area contributed by atoms with Gasteiger partial charge in [0.25, 0.3) is 5.91 Å². The Labute approximate surface area is 134 Å². The number of nitrogens with one attached hydrogen (secondary N) is 2. The number of amides is 1. The highest BCUT2D eigenvalue weighted by Gasteiger charge is 2.20. The summed E-state index contributed by atoms with van der Waals surface area (Å²) in [7, 11) is 0. The molecule has 1 amide bonds. The lowest BCUT2D eigenvalue weighted by molar-refractivity contribution is -0.128. The topological polar surface area (TPSA) is 50.4 Å². The van der Waals surface area contributed by atoms with E-state index in [1.54, 1.807) is 6.92 Å². The van der Waals surface area contributed by atoms with Gasteiger partial charge in [-0.3, -0.25) is 4.79 Å². The number of halogens is 2. The van der Waals surface area contributed by atoms with Crippen molar-refractivity contribution in [2.75, 3.05) is 13.1 Å². The summed E-state index contributed by atoms with van der Waals surface area (Å²) in [5.41, 5.74) is 0. The molecule has 1 heterocycles. The fraction of sp³-hybridized carbons (Fsp3) is 0.500. The van der Waals surface area contributed by atoms with Gasteiger partial charge in [0.2, 0.25) is 0 Å². The van der Waals surface area contributed by atoms with Crippen LogP contribution in [-0.2, 0) is 4.79 Å². The lowest BCUT2D eigenvalue weighted by Crippen LogP contribution is -2.49. The second-order valence-corrected chi connectivity index (χ2v) is 5.68. The molecule has 1 aliphatic heterocycles. The molecular formula is C14H20BrClN2O2. The molecule has 2 unspecified atom stereocenters. The van der Waals surface area contributed by atoms with Crippen LogP contribution in [0.1, 0.15) is 19.8 Å². The first kappa shape index (κ1) is 17.3. The zero-order valence-corrected chi connectivity index (χ0v) is 13.8. The second-order valence-electron chi connectivity index (χ2n) is 4.77. The van der Waals surface area contributed by atoms with Crippen molar-refractivity contribution in [1.29, 1.82) is 0 Å². The molecule has 2 atom stereocenters. The molecule has 0 spiro atoms. The Morgan fingerprint density at radius 1 is 1.55 bits per heavy atom. The number of piperidine rings is 1. The fourth-order valence-corrected chi connectivity index (χ4v) is 2.47. The zero-order chi connectivity index (χ0) is 13.7. The predicted molar refractivity (Wildman–Crippen MR) is 85.5 cm³/mol. The first-order valence-corrected chi connectivity index (χ1v) is 7.38. The highest BCUT2D eigenvalue weighted by Crippen LogP contribution is 2.19. The SMILES string of the molecule is CC(Oc1cccc(Br)c1)C(=O)NC1CCCNC1.Cl. The van der Waals surface area contributed by atoms with Gasteiger partial charge >= 0.3 is 0 Å². The van der Waals surface area contributed by atoms with Crippen molar-refractivity contribution in [3.05, 3.63) is 28.7 Å². The molecule has 0 bridgehead atoms. The molecular weight excluding hydrogens is 344 g/mol. The number of ether oxygens (including phenoxy) is 1. The van der Waals surface area contributed by atoms with E-state index >= 15 is 0 Å². The summed E-state index contributed by atoms with van der Waals surface area (Å²) < 4.78 is 6.58. The van der Waals surface area contributed by atoms with E-state index in [0.717, 1.165) is 30.4 Å². The van der Waals surface area contributed by atoms with Crippen LogP contribution >= 0.6 is 28.3 Å². The maximum atomic E-state index is 12.0. The minimum absolute atomic E-state index is 0. The summed E-state index contributed by atoms with van der Waals surface area (Å²) in [6.45, 7) is 3.65. The van der Waals surface area contributed by atoms with Crippen LogP contribution in [0.4, 0.5) is 0 Å². The number of carbonyl (C=O) groups excluding carboxylic acids is 1. The number of benzene rings is 1. The second kappa shape index (κ2) is 8.49. The van der Waals surface area contributed by atoms with Crippen molar-refractivity contribution in [1.82, 2.24) is 10.6 Å². The fourth-order valence-electron chi connectivity index (χ4n) is 2.09. The van der Waals surface area contributed by atoms with E-state index in [4.69, 9.17) is 4.74 Å². The molecule has 1 fully saturated rings. The van der Waals surface area contributed by atoms with Crippen LogP contribution < -0.4 is 15.4 Å². The van der Waals surface area contributed by atoms with E-state index in [1.165, 1.54) is 0 Å². The molecule has 0 aliphatic carbocycles. The van der Waals surface area contributed by atoms with Crippen molar-refractivity contribution in [3.63, 3.8) is 0 Å². The Bertz CT molecular complexity index is 439. The molecule has 1 aromatic carbocycles. The van der Waals surface area contributed by atoms with E-state index < -0.39 is 6.10 Å². The van der Waals surface area contributed by atoms with Gasteiger partial charge in [0, 0.05) is 17.1 Å². The lowest BCUT2D eigenvalue weighted by atomic mass is 10.1. The highest BCUT2D eigenvalue weighted by atomic mass is 79.9. The third-order valence-corrected chi connectivity index (χ3v) is 3.61. The molecule has 6 heteroatoms. The molecule has 0 radical (unpaired) electrons. The van der Waals surface area contributed by atoms with Crippen molar-refractivity contribution in [2.45, 2.75) is 31.9 Å².